The van der Waals surface area contributed by atoms with E-state index in [1.54, 1.807) is 6.26 Å². The van der Waals surface area contributed by atoms with E-state index in [2.05, 4.69) is 20.0 Å². The number of ether oxygens (including phenoxy) is 1. The third kappa shape index (κ3) is 1.16. The van der Waals surface area contributed by atoms with Crippen LogP contribution in [-0.4, -0.2) is 7.85 Å². The van der Waals surface area contributed by atoms with Gasteiger partial charge in [0.1, 0.15) is 13.6 Å². The molecule has 1 aromatic rings. The molecule has 1 aromatic carbocycles. The Balaban J connectivity index is 2.48. The van der Waals surface area contributed by atoms with Crippen LogP contribution in [0.2, 0.25) is 0 Å². The van der Waals surface area contributed by atoms with Gasteiger partial charge in [-0.25, -0.2) is 0 Å². The van der Waals surface area contributed by atoms with Crippen molar-refractivity contribution in [2.24, 2.45) is 0 Å². The number of hydrogen-bond acceptors (Lipinski definition) is 1. The lowest BCUT2D eigenvalue weighted by Crippen LogP contribution is -2.05. The van der Waals surface area contributed by atoms with Crippen molar-refractivity contribution in [3.63, 3.8) is 0 Å². The lowest BCUT2D eigenvalue weighted by Gasteiger charge is -2.11. The molecule has 0 aliphatic carbocycles. The first kappa shape index (κ1) is 6.53. The Bertz CT molecular complexity index is 304. The quantitative estimate of drug-likeness (QED) is 0.478. The highest BCUT2D eigenvalue weighted by Crippen LogP contribution is 2.20. The summed E-state index contributed by atoms with van der Waals surface area (Å²) in [5.41, 5.74) is 2.58. The monoisotopic (exact) mass is 144 g/mol. The molecule has 0 radical (unpaired) electrons. The summed E-state index contributed by atoms with van der Waals surface area (Å²) in [6, 6.07) is 6.25. The van der Waals surface area contributed by atoms with Gasteiger partial charge in [-0.05, 0) is 24.1 Å². The zero-order valence-corrected chi connectivity index (χ0v) is 6.50. The van der Waals surface area contributed by atoms with E-state index in [4.69, 9.17) is 4.74 Å². The Kier molecular flexibility index (Phi) is 1.46. The molecular weight excluding hydrogens is 135 g/mol. The number of hydrogen-bond donors (Lipinski definition) is 0. The minimum absolute atomic E-state index is 0.997. The molecule has 0 atom stereocenters. The molecule has 0 spiro atoms. The summed E-state index contributed by atoms with van der Waals surface area (Å²) >= 11 is 0. The zero-order valence-electron chi connectivity index (χ0n) is 6.50. The molecule has 1 aliphatic heterocycles. The fourth-order valence-corrected chi connectivity index (χ4v) is 1.28. The van der Waals surface area contributed by atoms with E-state index in [0.717, 1.165) is 12.2 Å². The predicted octanol–water partition coefficient (Wildman–Crippen LogP) is 0.394. The van der Waals surface area contributed by atoms with Crippen molar-refractivity contribution in [2.75, 3.05) is 0 Å². The number of benzene rings is 1. The molecule has 0 bridgehead atoms. The van der Waals surface area contributed by atoms with Gasteiger partial charge >= 0.3 is 0 Å². The summed E-state index contributed by atoms with van der Waals surface area (Å²) in [7, 11) is 2.10. The first-order valence-corrected chi connectivity index (χ1v) is 3.77. The van der Waals surface area contributed by atoms with E-state index in [9.17, 15) is 0 Å². The van der Waals surface area contributed by atoms with E-state index in [1.165, 1.54) is 11.0 Å². The van der Waals surface area contributed by atoms with E-state index in [-0.39, 0.29) is 0 Å². The third-order valence-corrected chi connectivity index (χ3v) is 1.84. The minimum Gasteiger partial charge on any atom is -0.465 e. The highest BCUT2D eigenvalue weighted by molar-refractivity contribution is 6.32. The molecule has 1 heterocycles. The van der Waals surface area contributed by atoms with Crippen molar-refractivity contribution in [1.82, 2.24) is 0 Å². The zero-order chi connectivity index (χ0) is 7.68. The topological polar surface area (TPSA) is 9.23 Å². The van der Waals surface area contributed by atoms with Crippen molar-refractivity contribution in [3.8, 4) is 5.75 Å². The molecule has 2 rings (SSSR count). The van der Waals surface area contributed by atoms with Crippen LogP contribution in [0.25, 0.3) is 0 Å². The van der Waals surface area contributed by atoms with Crippen molar-refractivity contribution >= 4 is 13.3 Å². The second-order valence-electron chi connectivity index (χ2n) is 2.80. The highest BCUT2D eigenvalue weighted by atomic mass is 16.5. The Morgan fingerprint density at radius 3 is 3.18 bits per heavy atom. The van der Waals surface area contributed by atoms with Crippen molar-refractivity contribution in [1.29, 1.82) is 0 Å². The maximum absolute atomic E-state index is 5.30. The lowest BCUT2D eigenvalue weighted by molar-refractivity contribution is 0.465. The molecule has 0 saturated heterocycles. The third-order valence-electron chi connectivity index (χ3n) is 1.84. The minimum atomic E-state index is 0.997. The molecule has 0 N–H and O–H groups in total. The van der Waals surface area contributed by atoms with E-state index >= 15 is 0 Å². The van der Waals surface area contributed by atoms with Crippen LogP contribution in [0.3, 0.4) is 0 Å². The second-order valence-corrected chi connectivity index (χ2v) is 2.80. The van der Waals surface area contributed by atoms with Crippen molar-refractivity contribution in [2.45, 2.75) is 6.42 Å². The van der Waals surface area contributed by atoms with Crippen molar-refractivity contribution in [3.05, 3.63) is 36.1 Å². The van der Waals surface area contributed by atoms with Crippen LogP contribution in [-0.2, 0) is 6.42 Å². The first-order chi connectivity index (χ1) is 5.36. The van der Waals surface area contributed by atoms with Crippen LogP contribution < -0.4 is 10.2 Å². The Hall–Kier alpha value is -1.18. The molecule has 0 aromatic heterocycles. The Morgan fingerprint density at radius 1 is 1.36 bits per heavy atom. The maximum atomic E-state index is 5.30. The molecule has 0 unspecified atom stereocenters. The van der Waals surface area contributed by atoms with Gasteiger partial charge < -0.3 is 4.74 Å². The number of rotatable bonds is 0. The molecule has 1 aliphatic rings. The van der Waals surface area contributed by atoms with Gasteiger partial charge in [0, 0.05) is 0 Å². The Morgan fingerprint density at radius 2 is 2.27 bits per heavy atom. The largest absolute Gasteiger partial charge is 0.465 e. The molecule has 0 fully saturated rings. The normalized spacial score (nSPS) is 13.8. The van der Waals surface area contributed by atoms with E-state index < -0.39 is 0 Å². The maximum Gasteiger partial charge on any atom is 0.139 e. The van der Waals surface area contributed by atoms with Crippen molar-refractivity contribution < 1.29 is 4.74 Å². The smallest absolute Gasteiger partial charge is 0.139 e. The summed E-state index contributed by atoms with van der Waals surface area (Å²) in [5.74, 6) is 0.998. The molecule has 54 valence electrons. The Labute approximate surface area is 67.1 Å². The van der Waals surface area contributed by atoms with Crippen LogP contribution in [0.5, 0.6) is 5.75 Å². The molecule has 0 saturated carbocycles. The van der Waals surface area contributed by atoms with Crippen LogP contribution in [0.15, 0.2) is 30.5 Å². The van der Waals surface area contributed by atoms with Crippen LogP contribution in [0.1, 0.15) is 5.56 Å². The fourth-order valence-electron chi connectivity index (χ4n) is 1.28. The fraction of sp³-hybridized carbons (Fsp3) is 0.111. The van der Waals surface area contributed by atoms with Gasteiger partial charge in [0.05, 0.1) is 6.26 Å². The van der Waals surface area contributed by atoms with Gasteiger partial charge in [-0.1, -0.05) is 17.6 Å². The van der Waals surface area contributed by atoms with Crippen LogP contribution >= 0.6 is 0 Å². The lowest BCUT2D eigenvalue weighted by atomic mass is 9.93. The average molecular weight is 144 g/mol. The summed E-state index contributed by atoms with van der Waals surface area (Å²) in [4.78, 5) is 0. The average Bonchev–Trinajstić information content (AvgIpc) is 2.04. The second kappa shape index (κ2) is 2.46. The van der Waals surface area contributed by atoms with Crippen LogP contribution in [0, 0.1) is 0 Å². The summed E-state index contributed by atoms with van der Waals surface area (Å²) in [6.07, 6.45) is 4.77. The van der Waals surface area contributed by atoms with Gasteiger partial charge in [0.2, 0.25) is 0 Å². The summed E-state index contributed by atoms with van der Waals surface area (Å²) in [6.45, 7) is 0. The standard InChI is InChI=1S/C9H9BO/c10-8-3-4-9-7(6-8)2-1-5-11-9/h1,3-6H,2,10H2. The molecule has 11 heavy (non-hydrogen) atoms. The molecule has 1 nitrogen and oxygen atoms in total. The molecule has 2 heteroatoms. The van der Waals surface area contributed by atoms with Gasteiger partial charge in [-0.2, -0.15) is 0 Å². The molecule has 0 amide bonds. The first-order valence-electron chi connectivity index (χ1n) is 3.77. The van der Waals surface area contributed by atoms with Gasteiger partial charge in [0.25, 0.3) is 0 Å². The van der Waals surface area contributed by atoms with E-state index in [0.29, 0.717) is 0 Å². The SMILES string of the molecule is Bc1ccc2c(c1)CC=CO2. The highest BCUT2D eigenvalue weighted by Gasteiger charge is 2.04. The summed E-state index contributed by atoms with van der Waals surface area (Å²) in [5, 5.41) is 0. The number of fused-ring (bicyclic) bond motifs is 1. The van der Waals surface area contributed by atoms with Gasteiger partial charge in [-0.3, -0.25) is 0 Å². The van der Waals surface area contributed by atoms with Gasteiger partial charge in [-0.15, -0.1) is 0 Å². The summed E-state index contributed by atoms with van der Waals surface area (Å²) < 4.78 is 5.30. The number of allylic oxidation sites excluding steroid dienone is 1. The predicted molar refractivity (Wildman–Crippen MR) is 48.1 cm³/mol. The van der Waals surface area contributed by atoms with Gasteiger partial charge in [0.15, 0.2) is 0 Å². The molecular formula is C9H9BO. The van der Waals surface area contributed by atoms with E-state index in [1.807, 2.05) is 12.1 Å². The van der Waals surface area contributed by atoms with Crippen LogP contribution in [0.4, 0.5) is 0 Å².